The van der Waals surface area contributed by atoms with Crippen molar-refractivity contribution in [1.29, 1.82) is 0 Å². The van der Waals surface area contributed by atoms with Gasteiger partial charge in [-0.25, -0.2) is 5.48 Å². The lowest BCUT2D eigenvalue weighted by Gasteiger charge is -2.11. The SMILES string of the molecule is CCNc1cccc(OCCn2ccc3ccc(C(=O)NO)cc3c2=O)c1. The fourth-order valence-corrected chi connectivity index (χ4v) is 2.82. The third kappa shape index (κ3) is 4.27. The molecule has 2 aromatic carbocycles. The van der Waals surface area contributed by atoms with E-state index < -0.39 is 5.91 Å². The normalized spacial score (nSPS) is 10.6. The second-order valence-electron chi connectivity index (χ2n) is 5.96. The van der Waals surface area contributed by atoms with Gasteiger partial charge in [-0.2, -0.15) is 0 Å². The molecule has 0 saturated carbocycles. The van der Waals surface area contributed by atoms with E-state index in [2.05, 4.69) is 5.32 Å². The van der Waals surface area contributed by atoms with Crippen LogP contribution in [0.4, 0.5) is 5.69 Å². The predicted octanol–water partition coefficient (Wildman–Crippen LogP) is 2.63. The highest BCUT2D eigenvalue weighted by atomic mass is 16.5. The highest BCUT2D eigenvalue weighted by molar-refractivity contribution is 5.97. The van der Waals surface area contributed by atoms with E-state index in [0.29, 0.717) is 18.5 Å². The molecule has 0 aliphatic rings. The summed E-state index contributed by atoms with van der Waals surface area (Å²) in [7, 11) is 0. The maximum atomic E-state index is 12.7. The van der Waals surface area contributed by atoms with E-state index in [-0.39, 0.29) is 11.1 Å². The van der Waals surface area contributed by atoms with Crippen molar-refractivity contribution in [3.05, 3.63) is 70.6 Å². The first-order chi connectivity index (χ1) is 13.1. The molecule has 0 unspecified atom stereocenters. The van der Waals surface area contributed by atoms with Crippen LogP contribution in [0, 0.1) is 0 Å². The Balaban J connectivity index is 1.75. The molecule has 7 heteroatoms. The Morgan fingerprint density at radius 1 is 1.19 bits per heavy atom. The molecule has 3 aromatic rings. The summed E-state index contributed by atoms with van der Waals surface area (Å²) in [6.07, 6.45) is 1.70. The number of hydrogen-bond acceptors (Lipinski definition) is 5. The van der Waals surface area contributed by atoms with Crippen LogP contribution in [0.15, 0.2) is 59.5 Å². The van der Waals surface area contributed by atoms with E-state index in [4.69, 9.17) is 9.94 Å². The topological polar surface area (TPSA) is 92.6 Å². The summed E-state index contributed by atoms with van der Waals surface area (Å²) in [5, 5.41) is 13.1. The molecular formula is C20H21N3O4. The van der Waals surface area contributed by atoms with Gasteiger partial charge in [-0.1, -0.05) is 12.1 Å². The van der Waals surface area contributed by atoms with Crippen LogP contribution in [0.3, 0.4) is 0 Å². The van der Waals surface area contributed by atoms with Crippen LogP contribution in [0.25, 0.3) is 10.8 Å². The van der Waals surface area contributed by atoms with Crippen molar-refractivity contribution in [1.82, 2.24) is 10.0 Å². The first-order valence-electron chi connectivity index (χ1n) is 8.66. The number of carbonyl (C=O) groups excluding carboxylic acids is 1. The quantitative estimate of drug-likeness (QED) is 0.441. The Bertz CT molecular complexity index is 1010. The Labute approximate surface area is 156 Å². The molecule has 27 heavy (non-hydrogen) atoms. The van der Waals surface area contributed by atoms with E-state index in [1.165, 1.54) is 10.6 Å². The van der Waals surface area contributed by atoms with Crippen molar-refractivity contribution in [3.8, 4) is 5.75 Å². The number of nitrogens with zero attached hydrogens (tertiary/aromatic N) is 1. The second-order valence-corrected chi connectivity index (χ2v) is 5.96. The number of anilines is 1. The van der Waals surface area contributed by atoms with E-state index in [1.807, 2.05) is 37.3 Å². The lowest BCUT2D eigenvalue weighted by atomic mass is 10.1. The molecule has 1 heterocycles. The van der Waals surface area contributed by atoms with E-state index in [9.17, 15) is 9.59 Å². The summed E-state index contributed by atoms with van der Waals surface area (Å²) in [5.74, 6) is 0.0693. The van der Waals surface area contributed by atoms with Crippen molar-refractivity contribution in [2.45, 2.75) is 13.5 Å². The Kier molecular flexibility index (Phi) is 5.73. The molecule has 0 spiro atoms. The molecule has 0 radical (unpaired) electrons. The molecule has 140 valence electrons. The second kappa shape index (κ2) is 8.37. The van der Waals surface area contributed by atoms with Crippen LogP contribution in [0.2, 0.25) is 0 Å². The van der Waals surface area contributed by atoms with Gasteiger partial charge in [0.1, 0.15) is 12.4 Å². The summed E-state index contributed by atoms with van der Waals surface area (Å²) in [6, 6.07) is 14.2. The molecule has 0 saturated heterocycles. The monoisotopic (exact) mass is 367 g/mol. The summed E-state index contributed by atoms with van der Waals surface area (Å²) in [6.45, 7) is 3.55. The lowest BCUT2D eigenvalue weighted by Crippen LogP contribution is -2.23. The van der Waals surface area contributed by atoms with Crippen molar-refractivity contribution in [2.24, 2.45) is 0 Å². The highest BCUT2D eigenvalue weighted by Crippen LogP contribution is 2.17. The van der Waals surface area contributed by atoms with E-state index >= 15 is 0 Å². The number of fused-ring (bicyclic) bond motifs is 1. The molecule has 0 aliphatic heterocycles. The third-order valence-electron chi connectivity index (χ3n) is 4.16. The smallest absolute Gasteiger partial charge is 0.274 e. The predicted molar refractivity (Wildman–Crippen MR) is 104 cm³/mol. The molecule has 3 N–H and O–H groups in total. The van der Waals surface area contributed by atoms with Crippen LogP contribution in [0.5, 0.6) is 5.75 Å². The molecule has 0 fully saturated rings. The summed E-state index contributed by atoms with van der Waals surface area (Å²) in [5.41, 5.74) is 2.55. The number of rotatable bonds is 7. The summed E-state index contributed by atoms with van der Waals surface area (Å²) < 4.78 is 7.29. The standard InChI is InChI=1S/C20H21N3O4/c1-2-21-16-4-3-5-17(13-16)27-11-10-23-9-8-14-6-7-15(19(24)22-26)12-18(14)20(23)25/h3-9,12-13,21,26H,2,10-11H2,1H3,(H,22,24). The third-order valence-corrected chi connectivity index (χ3v) is 4.16. The van der Waals surface area contributed by atoms with Crippen LogP contribution in [-0.4, -0.2) is 28.8 Å². The molecule has 0 aliphatic carbocycles. The number of nitrogens with one attached hydrogen (secondary N) is 2. The average molecular weight is 367 g/mol. The van der Waals surface area contributed by atoms with Gasteiger partial charge >= 0.3 is 0 Å². The van der Waals surface area contributed by atoms with Crippen LogP contribution in [0.1, 0.15) is 17.3 Å². The molecule has 0 bridgehead atoms. The Hall–Kier alpha value is -3.32. The maximum Gasteiger partial charge on any atom is 0.274 e. The number of benzene rings is 2. The largest absolute Gasteiger partial charge is 0.492 e. The zero-order valence-corrected chi connectivity index (χ0v) is 14.9. The van der Waals surface area contributed by atoms with E-state index in [1.54, 1.807) is 23.8 Å². The number of amides is 1. The number of hydrogen-bond donors (Lipinski definition) is 3. The number of pyridine rings is 1. The minimum Gasteiger partial charge on any atom is -0.492 e. The van der Waals surface area contributed by atoms with Gasteiger partial charge in [-0.05, 0) is 42.6 Å². The van der Waals surface area contributed by atoms with Crippen molar-refractivity contribution >= 4 is 22.4 Å². The molecule has 1 amide bonds. The fraction of sp³-hybridized carbons (Fsp3) is 0.200. The van der Waals surface area contributed by atoms with Gasteiger partial charge in [0, 0.05) is 35.4 Å². The highest BCUT2D eigenvalue weighted by Gasteiger charge is 2.08. The Morgan fingerprint density at radius 3 is 2.81 bits per heavy atom. The maximum absolute atomic E-state index is 12.7. The van der Waals surface area contributed by atoms with Crippen LogP contribution in [-0.2, 0) is 6.54 Å². The van der Waals surface area contributed by atoms with Gasteiger partial charge in [0.2, 0.25) is 0 Å². The zero-order valence-electron chi connectivity index (χ0n) is 14.9. The minimum atomic E-state index is -0.657. The van der Waals surface area contributed by atoms with Gasteiger partial charge in [0.05, 0.1) is 6.54 Å². The Morgan fingerprint density at radius 2 is 2.04 bits per heavy atom. The zero-order chi connectivity index (χ0) is 19.2. The molecule has 3 rings (SSSR count). The number of aromatic nitrogens is 1. The van der Waals surface area contributed by atoms with Gasteiger partial charge in [0.15, 0.2) is 0 Å². The lowest BCUT2D eigenvalue weighted by molar-refractivity contribution is 0.0706. The van der Waals surface area contributed by atoms with Gasteiger partial charge < -0.3 is 14.6 Å². The molecule has 7 nitrogen and oxygen atoms in total. The summed E-state index contributed by atoms with van der Waals surface area (Å²) >= 11 is 0. The first-order valence-corrected chi connectivity index (χ1v) is 8.66. The average Bonchev–Trinajstić information content (AvgIpc) is 2.69. The fourth-order valence-electron chi connectivity index (χ4n) is 2.82. The van der Waals surface area contributed by atoms with E-state index in [0.717, 1.165) is 23.4 Å². The van der Waals surface area contributed by atoms with Crippen molar-refractivity contribution in [3.63, 3.8) is 0 Å². The molecule has 1 aromatic heterocycles. The molecular weight excluding hydrogens is 346 g/mol. The van der Waals surface area contributed by atoms with Crippen molar-refractivity contribution in [2.75, 3.05) is 18.5 Å². The number of ether oxygens (including phenoxy) is 1. The van der Waals surface area contributed by atoms with Gasteiger partial charge in [-0.3, -0.25) is 14.8 Å². The van der Waals surface area contributed by atoms with Gasteiger partial charge in [-0.15, -0.1) is 0 Å². The first kappa shape index (κ1) is 18.5. The van der Waals surface area contributed by atoms with Crippen LogP contribution >= 0.6 is 0 Å². The number of hydroxylamine groups is 1. The van der Waals surface area contributed by atoms with Crippen molar-refractivity contribution < 1.29 is 14.7 Å². The minimum absolute atomic E-state index is 0.218. The number of carbonyl (C=O) groups is 1. The van der Waals surface area contributed by atoms with Crippen LogP contribution < -0.4 is 21.1 Å². The van der Waals surface area contributed by atoms with Gasteiger partial charge in [0.25, 0.3) is 11.5 Å². The molecule has 0 atom stereocenters. The summed E-state index contributed by atoms with van der Waals surface area (Å²) in [4.78, 5) is 24.2.